The van der Waals surface area contributed by atoms with Crippen molar-refractivity contribution in [3.8, 4) is 0 Å². The lowest BCUT2D eigenvalue weighted by Gasteiger charge is -2.33. The van der Waals surface area contributed by atoms with Crippen molar-refractivity contribution in [3.63, 3.8) is 0 Å². The van der Waals surface area contributed by atoms with Crippen molar-refractivity contribution in [1.29, 1.82) is 0 Å². The van der Waals surface area contributed by atoms with E-state index in [0.717, 1.165) is 12.0 Å². The van der Waals surface area contributed by atoms with Gasteiger partial charge in [0.2, 0.25) is 0 Å². The Kier molecular flexibility index (Phi) is 2.16. The fourth-order valence-corrected chi connectivity index (χ4v) is 3.01. The Morgan fingerprint density at radius 1 is 1.31 bits per heavy atom. The van der Waals surface area contributed by atoms with Crippen LogP contribution in [0.2, 0.25) is 0 Å². The summed E-state index contributed by atoms with van der Waals surface area (Å²) in [5.74, 6) is 0.748. The van der Waals surface area contributed by atoms with Gasteiger partial charge in [-0.3, -0.25) is 0 Å². The first-order valence-corrected chi connectivity index (χ1v) is 5.51. The van der Waals surface area contributed by atoms with Gasteiger partial charge in [-0.25, -0.2) is 0 Å². The average Bonchev–Trinajstić information content (AvgIpc) is 2.54. The maximum atomic E-state index is 6.11. The molecule has 0 amide bonds. The molecule has 0 aromatic carbocycles. The molecule has 3 atom stereocenters. The molecule has 1 saturated heterocycles. The zero-order valence-electron chi connectivity index (χ0n) is 9.09. The molecular formula is C11H22N2. The van der Waals surface area contributed by atoms with Gasteiger partial charge >= 0.3 is 0 Å². The predicted octanol–water partition coefficient (Wildman–Crippen LogP) is 1.45. The van der Waals surface area contributed by atoms with Crippen LogP contribution in [0, 0.1) is 11.3 Å². The van der Waals surface area contributed by atoms with Crippen LogP contribution in [-0.2, 0) is 0 Å². The van der Waals surface area contributed by atoms with Crippen LogP contribution in [0.5, 0.6) is 0 Å². The zero-order chi connectivity index (χ0) is 9.64. The molecule has 1 saturated carbocycles. The van der Waals surface area contributed by atoms with Gasteiger partial charge in [-0.1, -0.05) is 20.3 Å². The van der Waals surface area contributed by atoms with Crippen molar-refractivity contribution in [1.82, 2.24) is 4.90 Å². The lowest BCUT2D eigenvalue weighted by molar-refractivity contribution is 0.152. The molecular weight excluding hydrogens is 160 g/mol. The van der Waals surface area contributed by atoms with Crippen molar-refractivity contribution >= 4 is 0 Å². The van der Waals surface area contributed by atoms with Gasteiger partial charge in [0.1, 0.15) is 0 Å². The van der Waals surface area contributed by atoms with Gasteiger partial charge in [0, 0.05) is 12.1 Å². The minimum absolute atomic E-state index is 0.399. The maximum Gasteiger partial charge on any atom is 0.0143 e. The Bertz CT molecular complexity index is 200. The monoisotopic (exact) mass is 182 g/mol. The summed E-state index contributed by atoms with van der Waals surface area (Å²) in [4.78, 5) is 2.52. The number of nitrogens with two attached hydrogens (primary N) is 1. The zero-order valence-corrected chi connectivity index (χ0v) is 9.09. The van der Waals surface area contributed by atoms with Gasteiger partial charge in [0.15, 0.2) is 0 Å². The Morgan fingerprint density at radius 2 is 1.92 bits per heavy atom. The Morgan fingerprint density at radius 3 is 2.38 bits per heavy atom. The van der Waals surface area contributed by atoms with Crippen molar-refractivity contribution in [3.05, 3.63) is 0 Å². The van der Waals surface area contributed by atoms with E-state index < -0.39 is 0 Å². The van der Waals surface area contributed by atoms with Gasteiger partial charge in [0.05, 0.1) is 0 Å². The van der Waals surface area contributed by atoms with Crippen LogP contribution in [0.4, 0.5) is 0 Å². The van der Waals surface area contributed by atoms with E-state index in [4.69, 9.17) is 5.73 Å². The number of nitrogens with zero attached hydrogens (tertiary/aromatic N) is 1. The lowest BCUT2D eigenvalue weighted by Crippen LogP contribution is -2.39. The smallest absolute Gasteiger partial charge is 0.0143 e. The summed E-state index contributed by atoms with van der Waals surface area (Å²) in [5, 5.41) is 0. The first kappa shape index (κ1) is 9.47. The molecule has 2 rings (SSSR count). The van der Waals surface area contributed by atoms with Crippen molar-refractivity contribution in [2.24, 2.45) is 17.1 Å². The summed E-state index contributed by atoms with van der Waals surface area (Å²) in [5.41, 5.74) is 6.51. The molecule has 0 radical (unpaired) electrons. The molecule has 2 heteroatoms. The molecule has 2 nitrogen and oxygen atoms in total. The van der Waals surface area contributed by atoms with Gasteiger partial charge < -0.3 is 10.6 Å². The average molecular weight is 182 g/mol. The van der Waals surface area contributed by atoms with Gasteiger partial charge in [0.25, 0.3) is 0 Å². The fraction of sp³-hybridized carbons (Fsp3) is 1.00. The highest BCUT2D eigenvalue weighted by Crippen LogP contribution is 2.54. The van der Waals surface area contributed by atoms with Crippen LogP contribution >= 0.6 is 0 Å². The van der Waals surface area contributed by atoms with E-state index in [1.54, 1.807) is 0 Å². The lowest BCUT2D eigenvalue weighted by atomic mass is 9.94. The molecule has 2 N–H and O–H groups in total. The molecule has 13 heavy (non-hydrogen) atoms. The summed E-state index contributed by atoms with van der Waals surface area (Å²) < 4.78 is 0. The van der Waals surface area contributed by atoms with Crippen LogP contribution in [-0.4, -0.2) is 30.6 Å². The van der Waals surface area contributed by atoms with E-state index in [1.807, 2.05) is 0 Å². The second-order valence-electron chi connectivity index (χ2n) is 5.42. The van der Waals surface area contributed by atoms with Crippen LogP contribution in [0.25, 0.3) is 0 Å². The van der Waals surface area contributed by atoms with Crippen LogP contribution < -0.4 is 5.73 Å². The largest absolute Gasteiger partial charge is 0.327 e. The molecule has 0 aromatic rings. The van der Waals surface area contributed by atoms with Crippen molar-refractivity contribution in [2.45, 2.75) is 45.2 Å². The fourth-order valence-electron chi connectivity index (χ4n) is 3.01. The highest BCUT2D eigenvalue weighted by molar-refractivity contribution is 5.13. The number of rotatable bonds is 1. The van der Waals surface area contributed by atoms with E-state index in [-0.39, 0.29) is 0 Å². The Balaban J connectivity index is 2.01. The molecule has 3 unspecified atom stereocenters. The van der Waals surface area contributed by atoms with E-state index in [0.29, 0.717) is 11.5 Å². The molecule has 1 aliphatic carbocycles. The van der Waals surface area contributed by atoms with Gasteiger partial charge in [-0.05, 0) is 37.8 Å². The first-order chi connectivity index (χ1) is 6.05. The summed E-state index contributed by atoms with van der Waals surface area (Å²) in [6.45, 7) is 5.89. The van der Waals surface area contributed by atoms with Crippen LogP contribution in [0.1, 0.15) is 33.1 Å². The molecule has 0 bridgehead atoms. The van der Waals surface area contributed by atoms with Gasteiger partial charge in [-0.2, -0.15) is 0 Å². The second kappa shape index (κ2) is 2.96. The summed E-state index contributed by atoms with van der Waals surface area (Å²) in [7, 11) is 2.25. The summed E-state index contributed by atoms with van der Waals surface area (Å²) in [6.07, 6.45) is 4.13. The molecule has 2 fully saturated rings. The van der Waals surface area contributed by atoms with E-state index >= 15 is 0 Å². The minimum atomic E-state index is 0.399. The molecule has 2 aliphatic rings. The standard InChI is InChI=1S/C11H22N2/c1-11(2)9(10(11)12)8-6-4-5-7-13(8)3/h8-10H,4-7,12H2,1-3H3. The van der Waals surface area contributed by atoms with Crippen molar-refractivity contribution < 1.29 is 0 Å². The maximum absolute atomic E-state index is 6.11. The third kappa shape index (κ3) is 1.40. The van der Waals surface area contributed by atoms with Crippen molar-refractivity contribution in [2.75, 3.05) is 13.6 Å². The Hall–Kier alpha value is -0.0800. The normalized spacial score (nSPS) is 44.8. The first-order valence-electron chi connectivity index (χ1n) is 5.51. The highest BCUT2D eigenvalue weighted by Gasteiger charge is 2.59. The molecule has 1 aliphatic heterocycles. The third-order valence-electron chi connectivity index (χ3n) is 4.24. The van der Waals surface area contributed by atoms with Crippen LogP contribution in [0.15, 0.2) is 0 Å². The summed E-state index contributed by atoms with van der Waals surface area (Å²) in [6, 6.07) is 1.21. The topological polar surface area (TPSA) is 29.3 Å². The quantitative estimate of drug-likeness (QED) is 0.665. The number of hydrogen-bond acceptors (Lipinski definition) is 2. The second-order valence-corrected chi connectivity index (χ2v) is 5.42. The SMILES string of the molecule is CN1CCCCC1C1C(N)C1(C)C. The number of piperidine rings is 1. The van der Waals surface area contributed by atoms with E-state index in [9.17, 15) is 0 Å². The molecule has 0 spiro atoms. The van der Waals surface area contributed by atoms with E-state index in [1.165, 1.54) is 25.8 Å². The molecule has 76 valence electrons. The number of likely N-dealkylation sites (tertiary alicyclic amines) is 1. The van der Waals surface area contributed by atoms with Gasteiger partial charge in [-0.15, -0.1) is 0 Å². The Labute approximate surface area is 81.5 Å². The highest BCUT2D eigenvalue weighted by atomic mass is 15.2. The minimum Gasteiger partial charge on any atom is -0.327 e. The summed E-state index contributed by atoms with van der Waals surface area (Å²) >= 11 is 0. The predicted molar refractivity (Wildman–Crippen MR) is 55.5 cm³/mol. The van der Waals surface area contributed by atoms with E-state index in [2.05, 4.69) is 25.8 Å². The third-order valence-corrected chi connectivity index (χ3v) is 4.24. The van der Waals surface area contributed by atoms with Crippen LogP contribution in [0.3, 0.4) is 0 Å². The molecule has 0 aromatic heterocycles. The molecule has 1 heterocycles. The number of hydrogen-bond donors (Lipinski definition) is 1.